The summed E-state index contributed by atoms with van der Waals surface area (Å²) in [7, 11) is 2.96. The molecule has 0 heterocycles. The van der Waals surface area contributed by atoms with Gasteiger partial charge in [0.25, 0.3) is 5.91 Å². The van der Waals surface area contributed by atoms with Crippen LogP contribution in [-0.4, -0.2) is 79.7 Å². The number of hydrogen-bond acceptors (Lipinski definition) is 9. The minimum atomic E-state index is -2.95. The number of carbonyl (C=O) groups is 3. The van der Waals surface area contributed by atoms with Crippen molar-refractivity contribution in [1.82, 2.24) is 4.90 Å². The number of fused-ring (bicyclic) bond motifs is 3. The third-order valence-electron chi connectivity index (χ3n) is 9.07. The highest BCUT2D eigenvalue weighted by atomic mass is 16.4. The number of likely N-dealkylation sites (N-methyl/N-ethyl adjacent to an activating group) is 1. The van der Waals surface area contributed by atoms with Crippen LogP contribution in [0.25, 0.3) is 5.76 Å². The number of aromatic hydroxyl groups is 1. The Hall–Kier alpha value is -3.99. The first-order valence-corrected chi connectivity index (χ1v) is 13.8. The number of nitrogens with two attached hydrogens (primary N) is 1. The van der Waals surface area contributed by atoms with Crippen LogP contribution in [0.15, 0.2) is 59.4 Å². The lowest BCUT2D eigenvalue weighted by Crippen LogP contribution is -2.70. The highest BCUT2D eigenvalue weighted by molar-refractivity contribution is 6.24. The number of aliphatic hydroxyl groups excluding tert-OH is 3. The van der Waals surface area contributed by atoms with Gasteiger partial charge in [-0.3, -0.25) is 19.3 Å². The highest BCUT2D eigenvalue weighted by Gasteiger charge is 2.68. The molecule has 10 heteroatoms. The summed E-state index contributed by atoms with van der Waals surface area (Å²) in [5.74, 6) is -9.14. The molecule has 0 spiro atoms. The summed E-state index contributed by atoms with van der Waals surface area (Å²) in [6, 6.07) is 11.1. The summed E-state index contributed by atoms with van der Waals surface area (Å²) in [4.78, 5) is 41.3. The Kier molecular flexibility index (Phi) is 6.88. The topological polar surface area (TPSA) is 182 Å². The molecule has 0 aromatic heterocycles. The minimum Gasteiger partial charge on any atom is -0.508 e. The van der Waals surface area contributed by atoms with Crippen LogP contribution in [0.5, 0.6) is 5.75 Å². The van der Waals surface area contributed by atoms with Crippen LogP contribution >= 0.6 is 0 Å². The Bertz CT molecular complexity index is 1570. The molecule has 2 aromatic carbocycles. The number of phenolic OH excluding ortho intramolecular Hbond substituents is 1. The third kappa shape index (κ3) is 4.08. The van der Waals surface area contributed by atoms with Crippen molar-refractivity contribution < 1.29 is 39.9 Å². The fourth-order valence-corrected chi connectivity index (χ4v) is 7.03. The Morgan fingerprint density at radius 1 is 1.02 bits per heavy atom. The number of aliphatic hydroxyl groups is 4. The van der Waals surface area contributed by atoms with Gasteiger partial charge in [0.05, 0.1) is 23.6 Å². The van der Waals surface area contributed by atoms with E-state index in [9.17, 15) is 39.9 Å². The summed E-state index contributed by atoms with van der Waals surface area (Å²) in [5, 5.41) is 57.2. The molecule has 1 amide bonds. The first-order chi connectivity index (χ1) is 19.5. The lowest BCUT2D eigenvalue weighted by atomic mass is 9.53. The molecule has 1 saturated carbocycles. The molecule has 3 aliphatic carbocycles. The van der Waals surface area contributed by atoms with E-state index in [2.05, 4.69) is 20.8 Å². The monoisotopic (exact) mass is 576 g/mol. The van der Waals surface area contributed by atoms with Crippen LogP contribution in [0.1, 0.15) is 48.9 Å². The van der Waals surface area contributed by atoms with Crippen molar-refractivity contribution >= 4 is 23.2 Å². The van der Waals surface area contributed by atoms with Crippen LogP contribution in [0.3, 0.4) is 0 Å². The number of phenols is 1. The van der Waals surface area contributed by atoms with Gasteiger partial charge in [-0.25, -0.2) is 0 Å². The van der Waals surface area contributed by atoms with Crippen LogP contribution in [0, 0.1) is 11.8 Å². The molecular formula is C32H36N2O8. The fraction of sp³-hybridized carbons (Fsp3) is 0.406. The standard InChI is InChI=1S/C32H36N2O8/c1-31(2,3)15-11-9-14(10-12-15)13-17-16-7-6-8-18(35)19(16)25(36)21-20(17)26(37)23-24(34(4)5)27(38)22(30(33)41)29(40)32(23,42)28(21)39/h6-12,17,20,23-24,26,35-37,40,42H,13H2,1-5H3,(H2,33,41). The van der Waals surface area contributed by atoms with Crippen molar-refractivity contribution in [1.29, 1.82) is 0 Å². The van der Waals surface area contributed by atoms with E-state index >= 15 is 0 Å². The summed E-state index contributed by atoms with van der Waals surface area (Å²) >= 11 is 0. The van der Waals surface area contributed by atoms with Crippen molar-refractivity contribution in [3.8, 4) is 5.75 Å². The van der Waals surface area contributed by atoms with Gasteiger partial charge in [0.1, 0.15) is 22.8 Å². The lowest BCUT2D eigenvalue weighted by Gasteiger charge is -2.54. The van der Waals surface area contributed by atoms with Gasteiger partial charge in [-0.2, -0.15) is 0 Å². The van der Waals surface area contributed by atoms with E-state index in [1.807, 2.05) is 24.3 Å². The van der Waals surface area contributed by atoms with E-state index in [0.717, 1.165) is 11.1 Å². The SMILES string of the molecule is CN(C)C1C(=O)C(C(N)=O)=C(O)C2(O)C(=O)C3=C(O)c4c(O)cccc4C(Cc4ccc(C(C)(C)C)cc4)C3C(O)C12. The molecule has 6 atom stereocenters. The molecule has 0 aliphatic heterocycles. The number of primary amides is 1. The second kappa shape index (κ2) is 9.79. The third-order valence-corrected chi connectivity index (χ3v) is 9.07. The van der Waals surface area contributed by atoms with Gasteiger partial charge in [-0.05, 0) is 54.6 Å². The smallest absolute Gasteiger partial charge is 0.255 e. The van der Waals surface area contributed by atoms with Crippen LogP contribution < -0.4 is 5.73 Å². The first-order valence-electron chi connectivity index (χ1n) is 13.8. The minimum absolute atomic E-state index is 0.0303. The zero-order valence-corrected chi connectivity index (χ0v) is 24.1. The second-order valence-electron chi connectivity index (χ2n) is 12.8. The van der Waals surface area contributed by atoms with Gasteiger partial charge >= 0.3 is 0 Å². The predicted octanol–water partition coefficient (Wildman–Crippen LogP) is 2.02. The first kappa shape index (κ1) is 29.5. The van der Waals surface area contributed by atoms with Crippen molar-refractivity contribution in [2.24, 2.45) is 17.6 Å². The Morgan fingerprint density at radius 2 is 1.64 bits per heavy atom. The number of benzene rings is 2. The summed E-state index contributed by atoms with van der Waals surface area (Å²) < 4.78 is 0. The molecule has 0 radical (unpaired) electrons. The van der Waals surface area contributed by atoms with E-state index in [4.69, 9.17) is 5.73 Å². The summed E-state index contributed by atoms with van der Waals surface area (Å²) in [6.07, 6.45) is -1.39. The molecule has 6 unspecified atom stereocenters. The molecule has 7 N–H and O–H groups in total. The quantitative estimate of drug-likeness (QED) is 0.297. The van der Waals surface area contributed by atoms with Crippen LogP contribution in [-0.2, 0) is 26.2 Å². The predicted molar refractivity (Wildman–Crippen MR) is 154 cm³/mol. The fourth-order valence-electron chi connectivity index (χ4n) is 7.03. The largest absolute Gasteiger partial charge is 0.508 e. The van der Waals surface area contributed by atoms with Crippen LogP contribution in [0.2, 0.25) is 0 Å². The molecule has 0 bridgehead atoms. The maximum atomic E-state index is 14.3. The average molecular weight is 577 g/mol. The zero-order chi connectivity index (χ0) is 31.0. The van der Waals surface area contributed by atoms with E-state index in [1.54, 1.807) is 12.1 Å². The number of rotatable bonds is 4. The van der Waals surface area contributed by atoms with Gasteiger partial charge in [0, 0.05) is 11.5 Å². The van der Waals surface area contributed by atoms with Crippen molar-refractivity contribution in [3.63, 3.8) is 0 Å². The maximum Gasteiger partial charge on any atom is 0.255 e. The second-order valence-corrected chi connectivity index (χ2v) is 12.8. The van der Waals surface area contributed by atoms with E-state index in [0.29, 0.717) is 5.56 Å². The van der Waals surface area contributed by atoms with Crippen molar-refractivity contribution in [3.05, 3.63) is 81.6 Å². The molecular weight excluding hydrogens is 540 g/mol. The van der Waals surface area contributed by atoms with Crippen molar-refractivity contribution in [2.45, 2.75) is 56.3 Å². The summed E-state index contributed by atoms with van der Waals surface area (Å²) in [6.45, 7) is 6.27. The Labute approximate surface area is 243 Å². The lowest BCUT2D eigenvalue weighted by molar-refractivity contribution is -0.169. The van der Waals surface area contributed by atoms with Gasteiger partial charge in [-0.15, -0.1) is 0 Å². The molecule has 1 fully saturated rings. The molecule has 5 rings (SSSR count). The Morgan fingerprint density at radius 3 is 2.19 bits per heavy atom. The van der Waals surface area contributed by atoms with Gasteiger partial charge in [-0.1, -0.05) is 57.2 Å². The molecule has 2 aromatic rings. The van der Waals surface area contributed by atoms with Crippen LogP contribution in [0.4, 0.5) is 0 Å². The number of hydrogen-bond donors (Lipinski definition) is 6. The van der Waals surface area contributed by atoms with E-state index in [-0.39, 0.29) is 23.1 Å². The number of Topliss-reactive ketones (excluding diaryl/α,β-unsaturated/α-hetero) is 2. The molecule has 0 saturated heterocycles. The van der Waals surface area contributed by atoms with Gasteiger partial charge < -0.3 is 31.3 Å². The van der Waals surface area contributed by atoms with Gasteiger partial charge in [0.2, 0.25) is 5.78 Å². The molecule has 10 nitrogen and oxygen atoms in total. The summed E-state index contributed by atoms with van der Waals surface area (Å²) in [5.41, 5.74) is 3.39. The van der Waals surface area contributed by atoms with E-state index < -0.39 is 75.6 Å². The number of ketones is 2. The normalized spacial score (nSPS) is 29.4. The molecule has 222 valence electrons. The van der Waals surface area contributed by atoms with Gasteiger partial charge in [0.15, 0.2) is 11.4 Å². The number of carbonyl (C=O) groups excluding carboxylic acids is 3. The van der Waals surface area contributed by atoms with E-state index in [1.165, 1.54) is 25.1 Å². The molecule has 3 aliphatic rings. The highest BCUT2D eigenvalue weighted by Crippen LogP contribution is 2.56. The number of amides is 1. The number of nitrogens with zero attached hydrogens (tertiary/aromatic N) is 1. The Balaban J connectivity index is 1.75. The maximum absolute atomic E-state index is 14.3. The van der Waals surface area contributed by atoms with Crippen molar-refractivity contribution in [2.75, 3.05) is 14.1 Å². The molecule has 42 heavy (non-hydrogen) atoms. The zero-order valence-electron chi connectivity index (χ0n) is 24.1. The average Bonchev–Trinajstić information content (AvgIpc) is 2.89.